The number of benzene rings is 1. The first-order valence-corrected chi connectivity index (χ1v) is 4.45. The summed E-state index contributed by atoms with van der Waals surface area (Å²) in [4.78, 5) is 0. The molecule has 0 aliphatic heterocycles. The number of aromatic amines is 1. The number of H-pyrrole nitrogens is 1. The Labute approximate surface area is 90.0 Å². The fourth-order valence-electron chi connectivity index (χ4n) is 1.42. The fourth-order valence-corrected chi connectivity index (χ4v) is 1.42. The second-order valence-electron chi connectivity index (χ2n) is 3.17. The smallest absolute Gasteiger partial charge is 0.173 e. The van der Waals surface area contributed by atoms with Crippen LogP contribution in [0.3, 0.4) is 0 Å². The average molecular weight is 225 g/mol. The zero-order valence-electron chi connectivity index (χ0n) is 8.42. The molecule has 1 heterocycles. The number of anilines is 1. The van der Waals surface area contributed by atoms with E-state index in [1.165, 1.54) is 13.3 Å². The van der Waals surface area contributed by atoms with Crippen LogP contribution in [0.25, 0.3) is 11.1 Å². The van der Waals surface area contributed by atoms with Crippen molar-refractivity contribution in [2.75, 3.05) is 12.8 Å². The van der Waals surface area contributed by atoms with E-state index in [9.17, 15) is 8.78 Å². The first-order chi connectivity index (χ1) is 7.63. The number of nitrogen functional groups attached to an aromatic ring is 1. The molecule has 1 aromatic carbocycles. The van der Waals surface area contributed by atoms with Crippen LogP contribution in [0.5, 0.6) is 5.75 Å². The summed E-state index contributed by atoms with van der Waals surface area (Å²) < 4.78 is 31.7. The molecule has 0 unspecified atom stereocenters. The van der Waals surface area contributed by atoms with Crippen molar-refractivity contribution in [3.63, 3.8) is 0 Å². The van der Waals surface area contributed by atoms with E-state index in [2.05, 4.69) is 10.2 Å². The Kier molecular flexibility index (Phi) is 2.47. The van der Waals surface area contributed by atoms with Crippen molar-refractivity contribution in [2.24, 2.45) is 0 Å². The Morgan fingerprint density at radius 1 is 1.31 bits per heavy atom. The van der Waals surface area contributed by atoms with E-state index < -0.39 is 11.6 Å². The SMILES string of the molecule is COc1cc(F)cc(-c2cn[nH]c2N)c1F. The van der Waals surface area contributed by atoms with Crippen LogP contribution in [-0.4, -0.2) is 17.3 Å². The van der Waals surface area contributed by atoms with Crippen LogP contribution >= 0.6 is 0 Å². The first kappa shape index (κ1) is 10.4. The van der Waals surface area contributed by atoms with Gasteiger partial charge < -0.3 is 10.5 Å². The monoisotopic (exact) mass is 225 g/mol. The number of aromatic nitrogens is 2. The molecule has 6 heteroatoms. The maximum atomic E-state index is 13.8. The molecule has 0 saturated heterocycles. The first-order valence-electron chi connectivity index (χ1n) is 4.45. The standard InChI is InChI=1S/C10H9F2N3O/c1-16-8-3-5(11)2-6(9(8)12)7-4-14-15-10(7)13/h2-4H,1H3,(H3,13,14,15). The van der Waals surface area contributed by atoms with Crippen LogP contribution in [0, 0.1) is 11.6 Å². The summed E-state index contributed by atoms with van der Waals surface area (Å²) in [6.45, 7) is 0. The van der Waals surface area contributed by atoms with Crippen LogP contribution in [0.2, 0.25) is 0 Å². The van der Waals surface area contributed by atoms with Crippen molar-refractivity contribution in [3.05, 3.63) is 30.0 Å². The summed E-state index contributed by atoms with van der Waals surface area (Å²) in [6, 6.07) is 2.01. The van der Waals surface area contributed by atoms with E-state index >= 15 is 0 Å². The summed E-state index contributed by atoms with van der Waals surface area (Å²) in [5.74, 6) is -1.27. The Morgan fingerprint density at radius 3 is 2.62 bits per heavy atom. The molecule has 0 bridgehead atoms. The second-order valence-corrected chi connectivity index (χ2v) is 3.17. The highest BCUT2D eigenvalue weighted by molar-refractivity contribution is 5.74. The Bertz CT molecular complexity index is 525. The molecule has 0 aliphatic rings. The quantitative estimate of drug-likeness (QED) is 0.820. The third-order valence-electron chi connectivity index (χ3n) is 2.18. The van der Waals surface area contributed by atoms with Crippen molar-refractivity contribution in [1.29, 1.82) is 0 Å². The summed E-state index contributed by atoms with van der Waals surface area (Å²) in [5, 5.41) is 6.09. The lowest BCUT2D eigenvalue weighted by molar-refractivity contribution is 0.383. The molecular weight excluding hydrogens is 216 g/mol. The highest BCUT2D eigenvalue weighted by Crippen LogP contribution is 2.32. The third kappa shape index (κ3) is 1.58. The van der Waals surface area contributed by atoms with Gasteiger partial charge in [-0.3, -0.25) is 5.10 Å². The van der Waals surface area contributed by atoms with E-state index in [4.69, 9.17) is 10.5 Å². The predicted molar refractivity (Wildman–Crippen MR) is 54.9 cm³/mol. The minimum absolute atomic E-state index is 0.0168. The van der Waals surface area contributed by atoms with Gasteiger partial charge in [0.2, 0.25) is 0 Å². The maximum absolute atomic E-state index is 13.8. The van der Waals surface area contributed by atoms with Gasteiger partial charge in [-0.05, 0) is 6.07 Å². The van der Waals surface area contributed by atoms with Crippen LogP contribution in [-0.2, 0) is 0 Å². The highest BCUT2D eigenvalue weighted by Gasteiger charge is 2.16. The average Bonchev–Trinajstić information content (AvgIpc) is 2.67. The molecule has 0 radical (unpaired) electrons. The number of nitrogens with two attached hydrogens (primary N) is 1. The number of nitrogens with one attached hydrogen (secondary N) is 1. The lowest BCUT2D eigenvalue weighted by Crippen LogP contribution is -1.95. The molecule has 84 valence electrons. The minimum atomic E-state index is -0.669. The Hall–Kier alpha value is -2.11. The molecule has 0 atom stereocenters. The number of ether oxygens (including phenoxy) is 1. The van der Waals surface area contributed by atoms with Gasteiger partial charge in [0.25, 0.3) is 0 Å². The van der Waals surface area contributed by atoms with E-state index in [-0.39, 0.29) is 17.1 Å². The summed E-state index contributed by atoms with van der Waals surface area (Å²) in [5.41, 5.74) is 5.85. The van der Waals surface area contributed by atoms with Crippen molar-refractivity contribution >= 4 is 5.82 Å². The maximum Gasteiger partial charge on any atom is 0.173 e. The number of hydrogen-bond acceptors (Lipinski definition) is 3. The predicted octanol–water partition coefficient (Wildman–Crippen LogP) is 1.95. The van der Waals surface area contributed by atoms with Crippen LogP contribution in [0.4, 0.5) is 14.6 Å². The molecule has 3 N–H and O–H groups in total. The Balaban J connectivity index is 2.65. The molecular formula is C10H9F2N3O. The van der Waals surface area contributed by atoms with Gasteiger partial charge >= 0.3 is 0 Å². The molecule has 4 nitrogen and oxygen atoms in total. The molecule has 0 saturated carbocycles. The summed E-state index contributed by atoms with van der Waals surface area (Å²) in [6.07, 6.45) is 1.33. The van der Waals surface area contributed by atoms with Crippen LogP contribution in [0.1, 0.15) is 0 Å². The van der Waals surface area contributed by atoms with Gasteiger partial charge in [-0.25, -0.2) is 8.78 Å². The lowest BCUT2D eigenvalue weighted by Gasteiger charge is -2.07. The lowest BCUT2D eigenvalue weighted by atomic mass is 10.1. The molecule has 2 aromatic rings. The van der Waals surface area contributed by atoms with E-state index in [0.717, 1.165) is 12.1 Å². The third-order valence-corrected chi connectivity index (χ3v) is 2.18. The van der Waals surface area contributed by atoms with Crippen molar-refractivity contribution < 1.29 is 13.5 Å². The summed E-state index contributed by atoms with van der Waals surface area (Å²) >= 11 is 0. The molecule has 0 aliphatic carbocycles. The molecule has 0 spiro atoms. The highest BCUT2D eigenvalue weighted by atomic mass is 19.1. The van der Waals surface area contributed by atoms with Gasteiger partial charge in [0.05, 0.1) is 13.3 Å². The van der Waals surface area contributed by atoms with E-state index in [1.54, 1.807) is 0 Å². The molecule has 1 aromatic heterocycles. The molecule has 0 amide bonds. The van der Waals surface area contributed by atoms with E-state index in [0.29, 0.717) is 5.56 Å². The van der Waals surface area contributed by atoms with Gasteiger partial charge in [0, 0.05) is 17.2 Å². The van der Waals surface area contributed by atoms with Gasteiger partial charge in [-0.2, -0.15) is 5.10 Å². The Morgan fingerprint density at radius 2 is 2.06 bits per heavy atom. The van der Waals surface area contributed by atoms with E-state index in [1.807, 2.05) is 0 Å². The van der Waals surface area contributed by atoms with Crippen molar-refractivity contribution in [1.82, 2.24) is 10.2 Å². The number of methoxy groups -OCH3 is 1. The number of nitrogens with zero attached hydrogens (tertiary/aromatic N) is 1. The normalized spacial score (nSPS) is 10.4. The fraction of sp³-hybridized carbons (Fsp3) is 0.100. The zero-order chi connectivity index (χ0) is 11.7. The number of hydrogen-bond donors (Lipinski definition) is 2. The van der Waals surface area contributed by atoms with Crippen LogP contribution in [0.15, 0.2) is 18.3 Å². The van der Waals surface area contributed by atoms with Gasteiger partial charge in [0.15, 0.2) is 11.6 Å². The zero-order valence-corrected chi connectivity index (χ0v) is 8.42. The van der Waals surface area contributed by atoms with Gasteiger partial charge in [-0.15, -0.1) is 0 Å². The minimum Gasteiger partial charge on any atom is -0.494 e. The summed E-state index contributed by atoms with van der Waals surface area (Å²) in [7, 11) is 1.26. The number of halogens is 2. The van der Waals surface area contributed by atoms with Crippen LogP contribution < -0.4 is 10.5 Å². The van der Waals surface area contributed by atoms with Crippen molar-refractivity contribution in [3.8, 4) is 16.9 Å². The van der Waals surface area contributed by atoms with Gasteiger partial charge in [0.1, 0.15) is 11.6 Å². The largest absolute Gasteiger partial charge is 0.494 e. The second kappa shape index (κ2) is 3.80. The molecule has 2 rings (SSSR count). The topological polar surface area (TPSA) is 63.9 Å². The number of rotatable bonds is 2. The van der Waals surface area contributed by atoms with Gasteiger partial charge in [-0.1, -0.05) is 0 Å². The van der Waals surface area contributed by atoms with Crippen molar-refractivity contribution in [2.45, 2.75) is 0 Å². The molecule has 16 heavy (non-hydrogen) atoms. The molecule has 0 fully saturated rings.